The van der Waals surface area contributed by atoms with Gasteiger partial charge in [-0.1, -0.05) is 13.0 Å². The standard InChI is InChI=1S/C38H41F3N8O3/c1-5-27-30(40)8-7-24-13-26(50)14-28(31(24)27)33-32(41)34-29(16-42-33)35(44-36(43-34)52-20-38-10-6-11-47(38)19-25(39)15-38)46-17-22(3)49(23(4)18-46)37(51)48-12-9-21(2)45-48/h7-9,12-14,16,22-23,25,50H,5-6,10-11,15,17-20H2,1-4H3/t22-,23+,25-,38+/m1/s1. The summed E-state index contributed by atoms with van der Waals surface area (Å²) in [5.41, 5.74) is 0.698. The average molecular weight is 715 g/mol. The molecule has 14 heteroatoms. The molecule has 4 atom stereocenters. The van der Waals surface area contributed by atoms with Crippen molar-refractivity contribution in [3.05, 3.63) is 65.6 Å². The molecule has 8 rings (SSSR count). The van der Waals surface area contributed by atoms with Gasteiger partial charge in [0.25, 0.3) is 0 Å². The summed E-state index contributed by atoms with van der Waals surface area (Å²) in [4.78, 5) is 33.4. The average Bonchev–Trinajstić information content (AvgIpc) is 3.80. The van der Waals surface area contributed by atoms with E-state index in [0.717, 1.165) is 25.1 Å². The predicted molar refractivity (Wildman–Crippen MR) is 191 cm³/mol. The number of fused-ring (bicyclic) bond motifs is 3. The number of rotatable bonds is 6. The number of aromatic nitrogens is 5. The van der Waals surface area contributed by atoms with Gasteiger partial charge in [0.1, 0.15) is 41.4 Å². The fraction of sp³-hybridized carbons (Fsp3) is 0.447. The predicted octanol–water partition coefficient (Wildman–Crippen LogP) is 6.42. The lowest BCUT2D eigenvalue weighted by atomic mass is 9.94. The van der Waals surface area contributed by atoms with E-state index in [-0.39, 0.29) is 53.3 Å². The lowest BCUT2D eigenvalue weighted by molar-refractivity contribution is 0.107. The van der Waals surface area contributed by atoms with E-state index >= 15 is 8.78 Å². The first-order chi connectivity index (χ1) is 25.0. The number of piperazine rings is 1. The maximum absolute atomic E-state index is 17.1. The van der Waals surface area contributed by atoms with Gasteiger partial charge in [-0.05, 0) is 87.2 Å². The van der Waals surface area contributed by atoms with Crippen LogP contribution in [0.3, 0.4) is 0 Å². The molecule has 0 aliphatic carbocycles. The number of ether oxygens (including phenoxy) is 1. The lowest BCUT2D eigenvalue weighted by Gasteiger charge is -2.44. The Morgan fingerprint density at radius 3 is 2.62 bits per heavy atom. The number of aromatic hydroxyl groups is 1. The molecule has 3 aliphatic rings. The molecule has 1 amide bonds. The highest BCUT2D eigenvalue weighted by molar-refractivity contribution is 6.01. The van der Waals surface area contributed by atoms with Crippen molar-refractivity contribution in [2.45, 2.75) is 77.2 Å². The Morgan fingerprint density at radius 2 is 1.88 bits per heavy atom. The third-order valence-corrected chi connectivity index (χ3v) is 11.0. The summed E-state index contributed by atoms with van der Waals surface area (Å²) in [7, 11) is 0. The molecule has 0 bridgehead atoms. The first-order valence-electron chi connectivity index (χ1n) is 17.9. The first-order valence-corrected chi connectivity index (χ1v) is 17.9. The normalized spacial score (nSPS) is 23.6. The van der Waals surface area contributed by atoms with Crippen LogP contribution in [0.15, 0.2) is 42.7 Å². The first kappa shape index (κ1) is 34.1. The van der Waals surface area contributed by atoms with Crippen molar-refractivity contribution in [1.82, 2.24) is 34.5 Å². The molecule has 5 aromatic rings. The molecule has 0 saturated carbocycles. The van der Waals surface area contributed by atoms with Crippen LogP contribution in [0.1, 0.15) is 51.3 Å². The second-order valence-electron chi connectivity index (χ2n) is 14.5. The number of phenolic OH excluding ortho intramolecular Hbond substituents is 1. The number of benzene rings is 2. The molecule has 2 aromatic carbocycles. The molecule has 0 unspecified atom stereocenters. The maximum Gasteiger partial charge on any atom is 0.345 e. The number of hydrogen-bond acceptors (Lipinski definition) is 9. The molecular formula is C38H41F3N8O3. The van der Waals surface area contributed by atoms with E-state index in [1.54, 1.807) is 23.2 Å². The Hall–Kier alpha value is -4.98. The highest BCUT2D eigenvalue weighted by atomic mass is 19.1. The Labute approximate surface area is 299 Å². The van der Waals surface area contributed by atoms with Gasteiger partial charge in [-0.25, -0.2) is 18.0 Å². The largest absolute Gasteiger partial charge is 0.508 e. The second kappa shape index (κ2) is 12.9. The number of pyridine rings is 1. The van der Waals surface area contributed by atoms with Crippen LogP contribution in [0.4, 0.5) is 23.8 Å². The molecular weight excluding hydrogens is 673 g/mol. The smallest absolute Gasteiger partial charge is 0.345 e. The van der Waals surface area contributed by atoms with E-state index in [1.165, 1.54) is 29.1 Å². The van der Waals surface area contributed by atoms with E-state index < -0.39 is 23.3 Å². The van der Waals surface area contributed by atoms with Gasteiger partial charge in [0.05, 0.1) is 16.6 Å². The summed E-state index contributed by atoms with van der Waals surface area (Å²) in [6.45, 7) is 9.52. The van der Waals surface area contributed by atoms with Crippen molar-refractivity contribution in [2.75, 3.05) is 37.7 Å². The molecule has 3 saturated heterocycles. The van der Waals surface area contributed by atoms with Crippen molar-refractivity contribution in [3.8, 4) is 23.0 Å². The molecule has 52 heavy (non-hydrogen) atoms. The van der Waals surface area contributed by atoms with E-state index in [0.29, 0.717) is 60.0 Å². The van der Waals surface area contributed by atoms with Gasteiger partial charge in [0, 0.05) is 56.1 Å². The lowest BCUT2D eigenvalue weighted by Crippen LogP contribution is -2.60. The number of hydrogen-bond donors (Lipinski definition) is 1. The van der Waals surface area contributed by atoms with Crippen molar-refractivity contribution >= 4 is 33.5 Å². The summed E-state index contributed by atoms with van der Waals surface area (Å²) in [6.07, 6.45) is 4.57. The molecule has 3 aromatic heterocycles. The molecule has 1 N–H and O–H groups in total. The Kier molecular flexibility index (Phi) is 8.47. The van der Waals surface area contributed by atoms with Crippen LogP contribution in [0.5, 0.6) is 11.8 Å². The number of alkyl halides is 1. The van der Waals surface area contributed by atoms with Gasteiger partial charge in [-0.3, -0.25) is 9.88 Å². The highest BCUT2D eigenvalue weighted by Gasteiger charge is 2.49. The summed E-state index contributed by atoms with van der Waals surface area (Å²) in [5.74, 6) is -0.947. The number of carbonyl (C=O) groups is 1. The van der Waals surface area contributed by atoms with Gasteiger partial charge in [-0.2, -0.15) is 19.7 Å². The minimum atomic E-state index is -0.953. The van der Waals surface area contributed by atoms with Crippen LogP contribution in [0, 0.1) is 18.6 Å². The molecule has 11 nitrogen and oxygen atoms in total. The van der Waals surface area contributed by atoms with Gasteiger partial charge in [0.2, 0.25) is 0 Å². The van der Waals surface area contributed by atoms with Crippen LogP contribution in [0.25, 0.3) is 32.9 Å². The molecule has 3 aliphatic heterocycles. The minimum Gasteiger partial charge on any atom is -0.508 e. The third kappa shape index (κ3) is 5.67. The molecule has 272 valence electrons. The van der Waals surface area contributed by atoms with Crippen LogP contribution in [-0.2, 0) is 6.42 Å². The zero-order valence-electron chi connectivity index (χ0n) is 29.6. The number of anilines is 1. The van der Waals surface area contributed by atoms with Crippen molar-refractivity contribution in [3.63, 3.8) is 0 Å². The van der Waals surface area contributed by atoms with Gasteiger partial charge < -0.3 is 19.6 Å². The number of halogens is 3. The highest BCUT2D eigenvalue weighted by Crippen LogP contribution is 2.42. The van der Waals surface area contributed by atoms with Crippen molar-refractivity contribution in [1.29, 1.82) is 0 Å². The van der Waals surface area contributed by atoms with Gasteiger partial charge >= 0.3 is 12.0 Å². The monoisotopic (exact) mass is 714 g/mol. The Morgan fingerprint density at radius 1 is 1.10 bits per heavy atom. The van der Waals surface area contributed by atoms with Crippen molar-refractivity contribution < 1.29 is 27.8 Å². The number of phenols is 1. The van der Waals surface area contributed by atoms with Gasteiger partial charge in [0.15, 0.2) is 5.82 Å². The van der Waals surface area contributed by atoms with Crippen LogP contribution >= 0.6 is 0 Å². The molecule has 0 radical (unpaired) electrons. The van der Waals surface area contributed by atoms with Crippen molar-refractivity contribution in [2.24, 2.45) is 0 Å². The molecule has 3 fully saturated rings. The minimum absolute atomic E-state index is 0.0580. The molecule has 0 spiro atoms. The van der Waals surface area contributed by atoms with E-state index in [2.05, 4.69) is 20.0 Å². The summed E-state index contributed by atoms with van der Waals surface area (Å²) in [6, 6.07) is 6.70. The SMILES string of the molecule is CCc1c(F)ccc2cc(O)cc(-c3ncc4c(N5C[C@@H](C)N(C(=O)n6ccc(C)n6)[C@@H](C)C5)nc(OC[C@@]56CCCN5C[C@H](F)C6)nc4c3F)c12. The quantitative estimate of drug-likeness (QED) is 0.213. The zero-order valence-corrected chi connectivity index (χ0v) is 29.6. The summed E-state index contributed by atoms with van der Waals surface area (Å²) in [5, 5.41) is 16.3. The number of aryl methyl sites for hydroxylation is 2. The zero-order chi connectivity index (χ0) is 36.5. The van der Waals surface area contributed by atoms with Crippen LogP contribution in [0.2, 0.25) is 0 Å². The van der Waals surface area contributed by atoms with Crippen LogP contribution < -0.4 is 9.64 Å². The van der Waals surface area contributed by atoms with Gasteiger partial charge in [-0.15, -0.1) is 0 Å². The summed E-state index contributed by atoms with van der Waals surface area (Å²) >= 11 is 0. The Bertz CT molecular complexity index is 2200. The fourth-order valence-electron chi connectivity index (χ4n) is 8.71. The third-order valence-electron chi connectivity index (χ3n) is 11.0. The maximum atomic E-state index is 17.1. The van der Waals surface area contributed by atoms with E-state index in [9.17, 15) is 14.3 Å². The number of amides is 1. The van der Waals surface area contributed by atoms with Crippen LogP contribution in [-0.4, -0.2) is 102 Å². The Balaban J connectivity index is 1.23. The number of carbonyl (C=O) groups excluding carboxylic acids is 1. The number of nitrogens with zero attached hydrogens (tertiary/aromatic N) is 8. The second-order valence-corrected chi connectivity index (χ2v) is 14.5. The topological polar surface area (TPSA) is 113 Å². The fourth-order valence-corrected chi connectivity index (χ4v) is 8.71. The van der Waals surface area contributed by atoms with E-state index in [4.69, 9.17) is 9.72 Å². The van der Waals surface area contributed by atoms with E-state index in [1.807, 2.05) is 32.6 Å². The summed E-state index contributed by atoms with van der Waals surface area (Å²) < 4.78 is 54.4. The molecule has 6 heterocycles.